The summed E-state index contributed by atoms with van der Waals surface area (Å²) in [5.41, 5.74) is 2.13. The first-order valence-corrected chi connectivity index (χ1v) is 8.64. The van der Waals surface area contributed by atoms with E-state index in [1.165, 1.54) is 18.5 Å². The van der Waals surface area contributed by atoms with E-state index in [0.29, 0.717) is 12.6 Å². The topological polar surface area (TPSA) is 62.3 Å². The lowest BCUT2D eigenvalue weighted by Gasteiger charge is -2.17. The first-order chi connectivity index (χ1) is 13.5. The van der Waals surface area contributed by atoms with Gasteiger partial charge in [0.1, 0.15) is 11.6 Å². The lowest BCUT2D eigenvalue weighted by molar-refractivity contribution is 0.0989. The van der Waals surface area contributed by atoms with Gasteiger partial charge < -0.3 is 10.2 Å². The summed E-state index contributed by atoms with van der Waals surface area (Å²) in [6.45, 7) is 0.551. The molecule has 0 spiro atoms. The summed E-state index contributed by atoms with van der Waals surface area (Å²) in [4.78, 5) is 30.9. The van der Waals surface area contributed by atoms with E-state index in [2.05, 4.69) is 10.3 Å². The van der Waals surface area contributed by atoms with Crippen LogP contribution in [0.2, 0.25) is 0 Å². The van der Waals surface area contributed by atoms with Gasteiger partial charge in [-0.15, -0.1) is 0 Å². The Hall–Kier alpha value is -3.61. The molecule has 0 radical (unpaired) electrons. The molecule has 2 amide bonds. The molecule has 1 aromatic heterocycles. The van der Waals surface area contributed by atoms with Crippen molar-refractivity contribution in [1.82, 2.24) is 4.98 Å². The predicted molar refractivity (Wildman–Crippen MR) is 100 cm³/mol. The molecular formula is C21H15F2N3O2. The van der Waals surface area contributed by atoms with Gasteiger partial charge in [0.05, 0.1) is 16.8 Å². The van der Waals surface area contributed by atoms with Gasteiger partial charge in [-0.05, 0) is 36.2 Å². The van der Waals surface area contributed by atoms with Crippen LogP contribution in [-0.2, 0) is 6.42 Å². The zero-order chi connectivity index (χ0) is 19.7. The number of fused-ring (bicyclic) bond motifs is 1. The average molecular weight is 379 g/mol. The van der Waals surface area contributed by atoms with Gasteiger partial charge in [0.15, 0.2) is 0 Å². The number of nitrogens with zero attached hydrogens (tertiary/aromatic N) is 2. The van der Waals surface area contributed by atoms with Gasteiger partial charge in [-0.3, -0.25) is 14.6 Å². The van der Waals surface area contributed by atoms with E-state index in [0.717, 1.165) is 29.8 Å². The smallest absolute Gasteiger partial charge is 0.259 e. The number of benzene rings is 2. The molecule has 0 aliphatic carbocycles. The Balaban J connectivity index is 1.56. The van der Waals surface area contributed by atoms with Gasteiger partial charge in [0.2, 0.25) is 0 Å². The first-order valence-electron chi connectivity index (χ1n) is 8.64. The molecular weight excluding hydrogens is 364 g/mol. The lowest BCUT2D eigenvalue weighted by atomic mass is 10.1. The number of carbonyl (C=O) groups is 2. The minimum atomic E-state index is -0.887. The Labute approximate surface area is 159 Å². The van der Waals surface area contributed by atoms with Crippen LogP contribution in [0.25, 0.3) is 0 Å². The van der Waals surface area contributed by atoms with Crippen molar-refractivity contribution in [1.29, 1.82) is 0 Å². The molecule has 0 bridgehead atoms. The Morgan fingerprint density at radius 1 is 1.00 bits per heavy atom. The molecule has 2 heterocycles. The van der Waals surface area contributed by atoms with E-state index in [4.69, 9.17) is 0 Å². The van der Waals surface area contributed by atoms with Gasteiger partial charge in [0.25, 0.3) is 11.8 Å². The van der Waals surface area contributed by atoms with Crippen molar-refractivity contribution < 1.29 is 18.4 Å². The second-order valence-corrected chi connectivity index (χ2v) is 6.38. The van der Waals surface area contributed by atoms with Crippen LogP contribution in [0.5, 0.6) is 0 Å². The van der Waals surface area contributed by atoms with Crippen molar-refractivity contribution in [2.75, 3.05) is 16.8 Å². The van der Waals surface area contributed by atoms with Crippen LogP contribution in [-0.4, -0.2) is 23.3 Å². The van der Waals surface area contributed by atoms with Crippen LogP contribution in [0.3, 0.4) is 0 Å². The largest absolute Gasteiger partial charge is 0.319 e. The number of hydrogen-bond acceptors (Lipinski definition) is 3. The van der Waals surface area contributed by atoms with E-state index in [1.807, 2.05) is 24.3 Å². The highest BCUT2D eigenvalue weighted by Gasteiger charge is 2.26. The van der Waals surface area contributed by atoms with Crippen molar-refractivity contribution in [3.05, 3.63) is 89.2 Å². The molecule has 5 nitrogen and oxygen atoms in total. The number of amides is 2. The zero-order valence-corrected chi connectivity index (χ0v) is 14.7. The molecule has 2 aromatic carbocycles. The molecule has 0 saturated heterocycles. The summed E-state index contributed by atoms with van der Waals surface area (Å²) < 4.78 is 26.7. The summed E-state index contributed by atoms with van der Waals surface area (Å²) in [5, 5.41) is 2.36. The summed E-state index contributed by atoms with van der Waals surface area (Å²) >= 11 is 0. The molecule has 0 fully saturated rings. The Morgan fingerprint density at radius 2 is 1.79 bits per heavy atom. The van der Waals surface area contributed by atoms with Gasteiger partial charge in [-0.1, -0.05) is 18.2 Å². The van der Waals surface area contributed by atoms with Crippen molar-refractivity contribution in [3.63, 3.8) is 0 Å². The summed E-state index contributed by atoms with van der Waals surface area (Å²) in [6, 6.07) is 11.9. The average Bonchev–Trinajstić information content (AvgIpc) is 3.14. The van der Waals surface area contributed by atoms with Gasteiger partial charge >= 0.3 is 0 Å². The van der Waals surface area contributed by atoms with E-state index >= 15 is 0 Å². The number of rotatable bonds is 3. The fraction of sp³-hybridized carbons (Fsp3) is 0.0952. The number of halogens is 2. The third-order valence-electron chi connectivity index (χ3n) is 4.56. The highest BCUT2D eigenvalue weighted by molar-refractivity contribution is 6.10. The number of anilines is 2. The molecule has 4 rings (SSSR count). The van der Waals surface area contributed by atoms with Crippen molar-refractivity contribution in [3.8, 4) is 0 Å². The fourth-order valence-electron chi connectivity index (χ4n) is 3.17. The van der Waals surface area contributed by atoms with Crippen LogP contribution in [0.1, 0.15) is 26.3 Å². The second kappa shape index (κ2) is 7.19. The fourth-order valence-corrected chi connectivity index (χ4v) is 3.17. The minimum Gasteiger partial charge on any atom is -0.319 e. The molecule has 28 heavy (non-hydrogen) atoms. The highest BCUT2D eigenvalue weighted by atomic mass is 19.1. The maximum Gasteiger partial charge on any atom is 0.259 e. The van der Waals surface area contributed by atoms with Crippen molar-refractivity contribution in [2.45, 2.75) is 6.42 Å². The van der Waals surface area contributed by atoms with Crippen LogP contribution < -0.4 is 10.2 Å². The number of para-hydroxylation sites is 1. The maximum atomic E-state index is 13.7. The van der Waals surface area contributed by atoms with Crippen molar-refractivity contribution in [2.24, 2.45) is 0 Å². The number of hydrogen-bond donors (Lipinski definition) is 1. The molecule has 7 heteroatoms. The highest BCUT2D eigenvalue weighted by Crippen LogP contribution is 2.28. The molecule has 1 N–H and O–H groups in total. The van der Waals surface area contributed by atoms with Crippen LogP contribution in [0.4, 0.5) is 20.2 Å². The Kier molecular flexibility index (Phi) is 4.57. The minimum absolute atomic E-state index is 0.0991. The summed E-state index contributed by atoms with van der Waals surface area (Å²) in [6.07, 6.45) is 3.43. The Bertz CT molecular complexity index is 1080. The summed E-state index contributed by atoms with van der Waals surface area (Å²) in [5.74, 6) is -2.53. The molecule has 3 aromatic rings. The number of pyridine rings is 1. The molecule has 0 saturated carbocycles. The lowest BCUT2D eigenvalue weighted by Crippen LogP contribution is -2.29. The van der Waals surface area contributed by atoms with Crippen LogP contribution in [0, 0.1) is 11.6 Å². The van der Waals surface area contributed by atoms with Crippen molar-refractivity contribution >= 4 is 23.2 Å². The van der Waals surface area contributed by atoms with E-state index < -0.39 is 17.5 Å². The van der Waals surface area contributed by atoms with Gasteiger partial charge in [-0.2, -0.15) is 0 Å². The first kappa shape index (κ1) is 17.8. The normalized spacial score (nSPS) is 12.6. The van der Waals surface area contributed by atoms with E-state index in [1.54, 1.807) is 4.90 Å². The van der Waals surface area contributed by atoms with Gasteiger partial charge in [0, 0.05) is 30.7 Å². The summed E-state index contributed by atoms with van der Waals surface area (Å²) in [7, 11) is 0. The predicted octanol–water partition coefficient (Wildman–Crippen LogP) is 3.82. The van der Waals surface area contributed by atoms with Crippen LogP contribution in [0.15, 0.2) is 60.9 Å². The quantitative estimate of drug-likeness (QED) is 0.753. The maximum absolute atomic E-state index is 13.7. The molecule has 1 aliphatic rings. The van der Waals surface area contributed by atoms with E-state index in [9.17, 15) is 18.4 Å². The molecule has 0 unspecified atom stereocenters. The van der Waals surface area contributed by atoms with Gasteiger partial charge in [-0.25, -0.2) is 8.78 Å². The Morgan fingerprint density at radius 3 is 2.61 bits per heavy atom. The number of nitrogens with one attached hydrogen (secondary N) is 1. The molecule has 1 aliphatic heterocycles. The molecule has 140 valence electrons. The van der Waals surface area contributed by atoms with Crippen LogP contribution >= 0.6 is 0 Å². The zero-order valence-electron chi connectivity index (χ0n) is 14.7. The SMILES string of the molecule is O=C(Nc1ccc(F)cc1F)c1cncc(C(=O)N2CCc3ccccc32)c1. The van der Waals surface area contributed by atoms with E-state index in [-0.39, 0.29) is 22.7 Å². The third kappa shape index (κ3) is 3.34. The monoisotopic (exact) mass is 379 g/mol. The molecule has 0 atom stereocenters. The second-order valence-electron chi connectivity index (χ2n) is 6.38. The third-order valence-corrected chi connectivity index (χ3v) is 4.56. The number of aromatic nitrogens is 1. The standard InChI is InChI=1S/C21H15F2N3O2/c22-16-5-6-18(17(23)10-16)25-20(27)14-9-15(12-24-11-14)21(28)26-8-7-13-3-1-2-4-19(13)26/h1-6,9-12H,7-8H2,(H,25,27). The number of carbonyl (C=O) groups excluding carboxylic acids is 2.